The van der Waals surface area contributed by atoms with Crippen molar-refractivity contribution in [2.24, 2.45) is 0 Å². The zero-order valence-electron chi connectivity index (χ0n) is 17.0. The van der Waals surface area contributed by atoms with Crippen LogP contribution in [0.2, 0.25) is 0 Å². The van der Waals surface area contributed by atoms with E-state index < -0.39 is 6.04 Å². The van der Waals surface area contributed by atoms with E-state index in [1.165, 1.54) is 24.3 Å². The first-order chi connectivity index (χ1) is 14.6. The molecule has 3 heterocycles. The average Bonchev–Trinajstić information content (AvgIpc) is 3.33. The number of piperidine rings is 1. The largest absolute Gasteiger partial charge is 0.489 e. The number of rotatable bonds is 4. The van der Waals surface area contributed by atoms with Gasteiger partial charge >= 0.3 is 0 Å². The summed E-state index contributed by atoms with van der Waals surface area (Å²) >= 11 is 2.02. The molecule has 1 unspecified atom stereocenters. The first-order valence-electron chi connectivity index (χ1n) is 10.9. The molecule has 1 aliphatic carbocycles. The van der Waals surface area contributed by atoms with E-state index in [-0.39, 0.29) is 30.2 Å². The number of thioether (sulfide) groups is 1. The normalized spacial score (nSPS) is 29.8. The molecule has 4 aliphatic rings. The summed E-state index contributed by atoms with van der Waals surface area (Å²) in [6, 6.07) is 5.55. The Labute approximate surface area is 180 Å². The number of imide groups is 1. The van der Waals surface area contributed by atoms with Crippen molar-refractivity contribution in [2.45, 2.75) is 56.8 Å². The van der Waals surface area contributed by atoms with E-state index in [9.17, 15) is 14.4 Å². The molecule has 3 atom stereocenters. The highest BCUT2D eigenvalue weighted by Gasteiger charge is 2.39. The third-order valence-corrected chi connectivity index (χ3v) is 7.66. The Bertz CT molecular complexity index is 870. The summed E-state index contributed by atoms with van der Waals surface area (Å²) in [5, 5.41) is 2.35. The van der Waals surface area contributed by atoms with Crippen molar-refractivity contribution in [1.82, 2.24) is 15.1 Å². The highest BCUT2D eigenvalue weighted by Crippen LogP contribution is 2.33. The molecule has 8 heteroatoms. The second kappa shape index (κ2) is 8.23. The SMILES string of the molecule is O=C1CCC(N2Cc3cc(O[C@H]4CCC[C@H]4N4CCSCC4)ccc3C2=O)C(=O)N1. The van der Waals surface area contributed by atoms with Gasteiger partial charge in [0.25, 0.3) is 5.91 Å². The molecular weight excluding hydrogens is 402 g/mol. The molecular formula is C22H27N3O4S. The lowest BCUT2D eigenvalue weighted by Crippen LogP contribution is -2.52. The molecule has 0 radical (unpaired) electrons. The van der Waals surface area contributed by atoms with E-state index in [4.69, 9.17) is 4.74 Å². The van der Waals surface area contributed by atoms with Gasteiger partial charge in [-0.1, -0.05) is 0 Å². The van der Waals surface area contributed by atoms with E-state index >= 15 is 0 Å². The molecule has 2 saturated heterocycles. The third-order valence-electron chi connectivity index (χ3n) is 6.71. The Balaban J connectivity index is 1.28. The van der Waals surface area contributed by atoms with Gasteiger partial charge in [-0.05, 0) is 49.4 Å². The molecule has 160 valence electrons. The number of ether oxygens (including phenoxy) is 1. The lowest BCUT2D eigenvalue weighted by molar-refractivity contribution is -0.136. The van der Waals surface area contributed by atoms with Crippen LogP contribution in [-0.4, -0.2) is 70.3 Å². The quantitative estimate of drug-likeness (QED) is 0.736. The number of nitrogens with one attached hydrogen (secondary N) is 1. The van der Waals surface area contributed by atoms with E-state index in [1.54, 1.807) is 4.90 Å². The monoisotopic (exact) mass is 429 g/mol. The lowest BCUT2D eigenvalue weighted by Gasteiger charge is -2.35. The van der Waals surface area contributed by atoms with Gasteiger partial charge in [-0.25, -0.2) is 0 Å². The van der Waals surface area contributed by atoms with Crippen LogP contribution in [0.1, 0.15) is 48.0 Å². The Morgan fingerprint density at radius 1 is 1.07 bits per heavy atom. The number of hydrogen-bond acceptors (Lipinski definition) is 6. The topological polar surface area (TPSA) is 79.0 Å². The number of benzene rings is 1. The van der Waals surface area contributed by atoms with Gasteiger partial charge in [0.15, 0.2) is 0 Å². The standard InChI is InChI=1S/C22H27N3O4S/c26-20-7-6-18(21(27)23-20)25-13-14-12-15(4-5-16(14)22(25)28)29-19-3-1-2-17(19)24-8-10-30-11-9-24/h4-5,12,17-19H,1-3,6-11,13H2,(H,23,26,27)/t17-,18?,19+/m1/s1. The van der Waals surface area contributed by atoms with E-state index in [2.05, 4.69) is 10.2 Å². The Hall–Kier alpha value is -2.06. The molecule has 0 aromatic heterocycles. The molecule has 3 amide bonds. The van der Waals surface area contributed by atoms with Crippen LogP contribution < -0.4 is 10.1 Å². The van der Waals surface area contributed by atoms with Gasteiger partial charge in [-0.15, -0.1) is 0 Å². The average molecular weight is 430 g/mol. The van der Waals surface area contributed by atoms with Crippen LogP contribution >= 0.6 is 11.8 Å². The summed E-state index contributed by atoms with van der Waals surface area (Å²) in [7, 11) is 0. The number of fused-ring (bicyclic) bond motifs is 1. The molecule has 3 fully saturated rings. The van der Waals surface area contributed by atoms with Crippen LogP contribution in [0.4, 0.5) is 0 Å². The van der Waals surface area contributed by atoms with Gasteiger partial charge in [0, 0.05) is 49.2 Å². The molecule has 1 aromatic rings. The van der Waals surface area contributed by atoms with E-state index in [1.807, 2.05) is 30.0 Å². The van der Waals surface area contributed by atoms with Crippen molar-refractivity contribution in [1.29, 1.82) is 0 Å². The summed E-state index contributed by atoms with van der Waals surface area (Å²) in [5.74, 6) is 2.40. The van der Waals surface area contributed by atoms with Crippen molar-refractivity contribution < 1.29 is 19.1 Å². The number of amides is 3. The second-order valence-electron chi connectivity index (χ2n) is 8.52. The van der Waals surface area contributed by atoms with Crippen LogP contribution in [0.3, 0.4) is 0 Å². The molecule has 1 aromatic carbocycles. The first kappa shape index (κ1) is 19.9. The summed E-state index contributed by atoms with van der Waals surface area (Å²) in [4.78, 5) is 40.7. The van der Waals surface area contributed by atoms with Crippen LogP contribution in [0.5, 0.6) is 5.75 Å². The fraction of sp³-hybridized carbons (Fsp3) is 0.591. The van der Waals surface area contributed by atoms with Crippen LogP contribution in [0, 0.1) is 0 Å². The number of carbonyl (C=O) groups excluding carboxylic acids is 3. The van der Waals surface area contributed by atoms with Crippen molar-refractivity contribution in [3.8, 4) is 5.75 Å². The van der Waals surface area contributed by atoms with Crippen molar-refractivity contribution in [2.75, 3.05) is 24.6 Å². The highest BCUT2D eigenvalue weighted by molar-refractivity contribution is 7.99. The molecule has 5 rings (SSSR count). The molecule has 3 aliphatic heterocycles. The first-order valence-corrected chi connectivity index (χ1v) is 12.0. The Kier molecular flexibility index (Phi) is 5.45. The van der Waals surface area contributed by atoms with Gasteiger partial charge in [0.05, 0.1) is 0 Å². The Morgan fingerprint density at radius 3 is 2.70 bits per heavy atom. The molecule has 0 spiro atoms. The van der Waals surface area contributed by atoms with Gasteiger partial charge in [0.1, 0.15) is 17.9 Å². The van der Waals surface area contributed by atoms with Gasteiger partial charge in [-0.3, -0.25) is 24.6 Å². The molecule has 7 nitrogen and oxygen atoms in total. The second-order valence-corrected chi connectivity index (χ2v) is 9.75. The van der Waals surface area contributed by atoms with Crippen molar-refractivity contribution >= 4 is 29.5 Å². The summed E-state index contributed by atoms with van der Waals surface area (Å²) in [6.45, 7) is 2.65. The van der Waals surface area contributed by atoms with Crippen molar-refractivity contribution in [3.63, 3.8) is 0 Å². The number of hydrogen-bond donors (Lipinski definition) is 1. The smallest absolute Gasteiger partial charge is 0.255 e. The maximum absolute atomic E-state index is 12.8. The van der Waals surface area contributed by atoms with Crippen LogP contribution in [-0.2, 0) is 16.1 Å². The third kappa shape index (κ3) is 3.71. The predicted molar refractivity (Wildman–Crippen MR) is 113 cm³/mol. The fourth-order valence-electron chi connectivity index (χ4n) is 5.17. The Morgan fingerprint density at radius 2 is 1.90 bits per heavy atom. The lowest BCUT2D eigenvalue weighted by atomic mass is 10.0. The summed E-state index contributed by atoms with van der Waals surface area (Å²) in [6.07, 6.45) is 4.27. The minimum absolute atomic E-state index is 0.143. The van der Waals surface area contributed by atoms with Gasteiger partial charge in [0.2, 0.25) is 11.8 Å². The molecule has 30 heavy (non-hydrogen) atoms. The summed E-state index contributed by atoms with van der Waals surface area (Å²) in [5.41, 5.74) is 1.52. The zero-order chi connectivity index (χ0) is 20.7. The number of carbonyl (C=O) groups is 3. The zero-order valence-corrected chi connectivity index (χ0v) is 17.8. The van der Waals surface area contributed by atoms with Crippen LogP contribution in [0.15, 0.2) is 18.2 Å². The molecule has 1 saturated carbocycles. The van der Waals surface area contributed by atoms with E-state index in [0.717, 1.165) is 30.8 Å². The maximum Gasteiger partial charge on any atom is 0.255 e. The van der Waals surface area contributed by atoms with Crippen LogP contribution in [0.25, 0.3) is 0 Å². The number of nitrogens with zero attached hydrogens (tertiary/aromatic N) is 2. The van der Waals surface area contributed by atoms with Gasteiger partial charge in [-0.2, -0.15) is 11.8 Å². The van der Waals surface area contributed by atoms with Crippen molar-refractivity contribution in [3.05, 3.63) is 29.3 Å². The predicted octanol–water partition coefficient (Wildman–Crippen LogP) is 1.80. The molecule has 0 bridgehead atoms. The van der Waals surface area contributed by atoms with Gasteiger partial charge < -0.3 is 9.64 Å². The molecule has 1 N–H and O–H groups in total. The maximum atomic E-state index is 12.8. The minimum atomic E-state index is -0.580. The fourth-order valence-corrected chi connectivity index (χ4v) is 6.10. The highest BCUT2D eigenvalue weighted by atomic mass is 32.2. The summed E-state index contributed by atoms with van der Waals surface area (Å²) < 4.78 is 6.42. The van der Waals surface area contributed by atoms with E-state index in [0.29, 0.717) is 24.6 Å². The minimum Gasteiger partial charge on any atom is -0.489 e.